The van der Waals surface area contributed by atoms with E-state index in [2.05, 4.69) is 43.1 Å². The third-order valence-corrected chi connectivity index (χ3v) is 6.56. The number of hydrogen-bond acceptors (Lipinski definition) is 3. The van der Waals surface area contributed by atoms with E-state index < -0.39 is 0 Å². The number of carbonyl (C=O) groups is 1. The van der Waals surface area contributed by atoms with E-state index in [1.54, 1.807) is 6.07 Å². The van der Waals surface area contributed by atoms with Crippen molar-refractivity contribution in [2.24, 2.45) is 5.92 Å². The molecule has 1 aliphatic carbocycles. The second-order valence-corrected chi connectivity index (χ2v) is 8.49. The molecule has 2 aromatic rings. The maximum Gasteiger partial charge on any atom is 0.224 e. The van der Waals surface area contributed by atoms with E-state index in [4.69, 9.17) is 0 Å². The number of nitrogens with one attached hydrogen (secondary N) is 1. The molecule has 1 unspecified atom stereocenters. The molecule has 1 saturated carbocycles. The highest BCUT2D eigenvalue weighted by Gasteiger charge is 2.55. The van der Waals surface area contributed by atoms with Gasteiger partial charge in [0.25, 0.3) is 0 Å². The number of phenols is 1. The highest BCUT2D eigenvalue weighted by molar-refractivity contribution is 5.84. The van der Waals surface area contributed by atoms with Gasteiger partial charge in [-0.1, -0.05) is 63.2 Å². The van der Waals surface area contributed by atoms with Crippen LogP contribution >= 0.6 is 0 Å². The van der Waals surface area contributed by atoms with Crippen molar-refractivity contribution >= 4 is 5.91 Å². The molecule has 0 saturated heterocycles. The molecule has 29 heavy (non-hydrogen) atoms. The minimum atomic E-state index is -0.0376. The Kier molecular flexibility index (Phi) is 6.63. The van der Waals surface area contributed by atoms with Crippen molar-refractivity contribution in [1.29, 1.82) is 0 Å². The van der Waals surface area contributed by atoms with E-state index in [0.717, 1.165) is 31.5 Å². The fourth-order valence-corrected chi connectivity index (χ4v) is 4.41. The van der Waals surface area contributed by atoms with Crippen LogP contribution in [-0.4, -0.2) is 41.6 Å². The number of aromatic hydroxyl groups is 1. The van der Waals surface area contributed by atoms with Gasteiger partial charge in [-0.2, -0.15) is 0 Å². The van der Waals surface area contributed by atoms with Gasteiger partial charge in [-0.05, 0) is 55.6 Å². The summed E-state index contributed by atoms with van der Waals surface area (Å²) in [6.07, 6.45) is 1.76. The van der Waals surface area contributed by atoms with Gasteiger partial charge in [0.1, 0.15) is 5.75 Å². The van der Waals surface area contributed by atoms with Gasteiger partial charge in [0.2, 0.25) is 5.91 Å². The number of aryl methyl sites for hydroxylation is 1. The van der Waals surface area contributed by atoms with Crippen LogP contribution in [0.2, 0.25) is 0 Å². The smallest absolute Gasteiger partial charge is 0.224 e. The quantitative estimate of drug-likeness (QED) is 0.675. The van der Waals surface area contributed by atoms with Crippen molar-refractivity contribution in [3.05, 3.63) is 65.2 Å². The Morgan fingerprint density at radius 3 is 2.52 bits per heavy atom. The molecule has 0 spiro atoms. The molecule has 4 heteroatoms. The molecule has 0 bridgehead atoms. The molecule has 156 valence electrons. The number of rotatable bonds is 9. The maximum absolute atomic E-state index is 12.9. The third kappa shape index (κ3) is 4.81. The Balaban J connectivity index is 1.64. The Labute approximate surface area is 174 Å². The van der Waals surface area contributed by atoms with E-state index >= 15 is 0 Å². The molecule has 3 atom stereocenters. The van der Waals surface area contributed by atoms with Crippen LogP contribution in [0.1, 0.15) is 43.9 Å². The van der Waals surface area contributed by atoms with Gasteiger partial charge in [0.05, 0.1) is 0 Å². The zero-order valence-corrected chi connectivity index (χ0v) is 18.1. The van der Waals surface area contributed by atoms with Crippen molar-refractivity contribution in [3.63, 3.8) is 0 Å². The number of nitrogens with zero attached hydrogens (tertiary/aromatic N) is 1. The van der Waals surface area contributed by atoms with E-state index in [1.807, 2.05) is 37.3 Å². The van der Waals surface area contributed by atoms with Gasteiger partial charge in [-0.25, -0.2) is 0 Å². The van der Waals surface area contributed by atoms with Crippen molar-refractivity contribution in [1.82, 2.24) is 10.2 Å². The average Bonchev–Trinajstić information content (AvgIpc) is 3.43. The summed E-state index contributed by atoms with van der Waals surface area (Å²) in [4.78, 5) is 15.3. The van der Waals surface area contributed by atoms with Gasteiger partial charge in [-0.15, -0.1) is 0 Å². The second kappa shape index (κ2) is 9.00. The summed E-state index contributed by atoms with van der Waals surface area (Å²) in [5.41, 5.74) is 3.29. The molecule has 1 aliphatic rings. The van der Waals surface area contributed by atoms with E-state index in [0.29, 0.717) is 12.3 Å². The minimum absolute atomic E-state index is 0.0376. The lowest BCUT2D eigenvalue weighted by molar-refractivity contribution is -0.123. The van der Waals surface area contributed by atoms with Crippen molar-refractivity contribution < 1.29 is 9.90 Å². The summed E-state index contributed by atoms with van der Waals surface area (Å²) in [6.45, 7) is 11.0. The predicted molar refractivity (Wildman–Crippen MR) is 118 cm³/mol. The molecule has 1 fully saturated rings. The Morgan fingerprint density at radius 1 is 1.21 bits per heavy atom. The lowest BCUT2D eigenvalue weighted by Gasteiger charge is -2.30. The fraction of sp³-hybridized carbons (Fsp3) is 0.480. The van der Waals surface area contributed by atoms with Crippen LogP contribution in [0.5, 0.6) is 5.75 Å². The van der Waals surface area contributed by atoms with Crippen LogP contribution in [0.15, 0.2) is 48.5 Å². The van der Waals surface area contributed by atoms with Gasteiger partial charge >= 0.3 is 0 Å². The highest BCUT2D eigenvalue weighted by atomic mass is 16.3. The van der Waals surface area contributed by atoms with Crippen LogP contribution in [0.25, 0.3) is 0 Å². The van der Waals surface area contributed by atoms with E-state index in [-0.39, 0.29) is 23.3 Å². The average molecular weight is 395 g/mol. The molecule has 0 aliphatic heterocycles. The van der Waals surface area contributed by atoms with Gasteiger partial charge in [-0.3, -0.25) is 9.69 Å². The number of amides is 1. The number of benzene rings is 2. The van der Waals surface area contributed by atoms with Crippen LogP contribution in [0, 0.1) is 12.8 Å². The Hall–Kier alpha value is -2.33. The summed E-state index contributed by atoms with van der Waals surface area (Å²) in [6, 6.07) is 16.4. The van der Waals surface area contributed by atoms with Crippen molar-refractivity contribution in [2.75, 3.05) is 19.6 Å². The normalized spacial score (nSPS) is 21.8. The van der Waals surface area contributed by atoms with Crippen molar-refractivity contribution in [2.45, 2.75) is 52.0 Å². The molecule has 1 amide bonds. The van der Waals surface area contributed by atoms with Gasteiger partial charge < -0.3 is 10.4 Å². The summed E-state index contributed by atoms with van der Waals surface area (Å²) in [7, 11) is 0. The largest absolute Gasteiger partial charge is 0.508 e. The Morgan fingerprint density at radius 2 is 1.90 bits per heavy atom. The first kappa shape index (κ1) is 21.4. The molecule has 0 heterocycles. The fourth-order valence-electron chi connectivity index (χ4n) is 4.41. The van der Waals surface area contributed by atoms with Crippen LogP contribution in [-0.2, 0) is 16.6 Å². The zero-order chi connectivity index (χ0) is 21.0. The molecule has 4 nitrogen and oxygen atoms in total. The van der Waals surface area contributed by atoms with Crippen molar-refractivity contribution in [3.8, 4) is 5.75 Å². The lowest BCUT2D eigenvalue weighted by atomic mass is 9.95. The first-order valence-electron chi connectivity index (χ1n) is 10.7. The predicted octanol–water partition coefficient (Wildman–Crippen LogP) is 4.05. The standard InChI is InChI=1S/C25H34N2O2/c1-5-27(6-2)21(15-19-12-13-23(28)18(3)14-19)17-26-24(29)22-16-25(22,4)20-10-8-7-9-11-20/h7-14,21-22,28H,5-6,15-17H2,1-4H3,(H,26,29)/t21?,22-,25+/m0/s1. The first-order chi connectivity index (χ1) is 13.9. The zero-order valence-electron chi connectivity index (χ0n) is 18.1. The number of hydrogen-bond donors (Lipinski definition) is 2. The maximum atomic E-state index is 12.9. The number of phenolic OH excluding ortho intramolecular Hbond substituents is 1. The van der Waals surface area contributed by atoms with E-state index in [1.165, 1.54) is 11.1 Å². The molecule has 2 aromatic carbocycles. The first-order valence-corrected chi connectivity index (χ1v) is 10.7. The number of carbonyl (C=O) groups excluding carboxylic acids is 1. The minimum Gasteiger partial charge on any atom is -0.508 e. The molecule has 0 aromatic heterocycles. The van der Waals surface area contributed by atoms with Crippen LogP contribution in [0.3, 0.4) is 0 Å². The van der Waals surface area contributed by atoms with Crippen LogP contribution < -0.4 is 5.32 Å². The third-order valence-electron chi connectivity index (χ3n) is 6.56. The molecule has 0 radical (unpaired) electrons. The van der Waals surface area contributed by atoms with Gasteiger partial charge in [0.15, 0.2) is 0 Å². The number of likely N-dealkylation sites (N-methyl/N-ethyl adjacent to an activating group) is 1. The second-order valence-electron chi connectivity index (χ2n) is 8.49. The Bertz CT molecular complexity index is 832. The summed E-state index contributed by atoms with van der Waals surface area (Å²) >= 11 is 0. The molecular formula is C25H34N2O2. The molecular weight excluding hydrogens is 360 g/mol. The van der Waals surface area contributed by atoms with Crippen LogP contribution in [0.4, 0.5) is 0 Å². The highest BCUT2D eigenvalue weighted by Crippen LogP contribution is 2.53. The monoisotopic (exact) mass is 394 g/mol. The SMILES string of the molecule is CCN(CC)C(CNC(=O)[C@@H]1C[C@]1(C)c1ccccc1)Cc1ccc(O)c(C)c1. The lowest BCUT2D eigenvalue weighted by Crippen LogP contribution is -2.45. The van der Waals surface area contributed by atoms with E-state index in [9.17, 15) is 9.90 Å². The topological polar surface area (TPSA) is 52.6 Å². The molecule has 3 rings (SSSR count). The summed E-state index contributed by atoms with van der Waals surface area (Å²) in [5, 5.41) is 13.0. The summed E-state index contributed by atoms with van der Waals surface area (Å²) in [5.74, 6) is 0.545. The summed E-state index contributed by atoms with van der Waals surface area (Å²) < 4.78 is 0. The molecule has 2 N–H and O–H groups in total. The van der Waals surface area contributed by atoms with Gasteiger partial charge in [0, 0.05) is 23.9 Å².